The predicted octanol–water partition coefficient (Wildman–Crippen LogP) is 2.51. The number of aryl methyl sites for hydroxylation is 1. The first-order valence-electron chi connectivity index (χ1n) is 7.61. The molecule has 0 spiro atoms. The molecule has 1 atom stereocenters. The molecule has 1 saturated heterocycles. The molecule has 0 N–H and O–H groups in total. The molecule has 1 unspecified atom stereocenters. The summed E-state index contributed by atoms with van der Waals surface area (Å²) in [5.41, 5.74) is 1.43. The summed E-state index contributed by atoms with van der Waals surface area (Å²) in [5, 5.41) is 9.11. The molecule has 1 fully saturated rings. The number of rotatable bonds is 3. The molecule has 0 bridgehead atoms. The molecule has 0 radical (unpaired) electrons. The van der Waals surface area contributed by atoms with Crippen LogP contribution in [0.3, 0.4) is 0 Å². The van der Waals surface area contributed by atoms with E-state index in [0.29, 0.717) is 10.7 Å². The molecule has 23 heavy (non-hydrogen) atoms. The summed E-state index contributed by atoms with van der Waals surface area (Å²) in [4.78, 5) is 16.6. The number of carbonyl (C=O) groups excluding carboxylic acids is 1. The Labute approximate surface area is 140 Å². The Bertz CT molecular complexity index is 710. The second-order valence-electron chi connectivity index (χ2n) is 6.02. The molecule has 1 amide bonds. The summed E-state index contributed by atoms with van der Waals surface area (Å²) in [5.74, 6) is 0.791. The molecule has 2 aromatic rings. The molecule has 7 heteroatoms. The van der Waals surface area contributed by atoms with Crippen molar-refractivity contribution in [2.75, 3.05) is 25.5 Å². The van der Waals surface area contributed by atoms with Gasteiger partial charge in [-0.2, -0.15) is 5.10 Å². The lowest BCUT2D eigenvalue weighted by molar-refractivity contribution is 0.0722. The highest BCUT2D eigenvalue weighted by molar-refractivity contribution is 6.31. The molecule has 2 aromatic heterocycles. The number of hydrogen-bond acceptors (Lipinski definition) is 4. The van der Waals surface area contributed by atoms with Gasteiger partial charge < -0.3 is 14.4 Å². The monoisotopic (exact) mass is 333 g/mol. The Hall–Kier alpha value is -2.08. The van der Waals surface area contributed by atoms with Crippen LogP contribution in [0.2, 0.25) is 5.02 Å². The van der Waals surface area contributed by atoms with Crippen molar-refractivity contribution < 1.29 is 4.79 Å². The van der Waals surface area contributed by atoms with E-state index in [-0.39, 0.29) is 11.9 Å². The second kappa shape index (κ2) is 6.20. The summed E-state index contributed by atoms with van der Waals surface area (Å²) in [7, 11) is 5.68. The second-order valence-corrected chi connectivity index (χ2v) is 6.46. The highest BCUT2D eigenvalue weighted by Gasteiger charge is 2.33. The van der Waals surface area contributed by atoms with Crippen LogP contribution in [-0.4, -0.2) is 46.2 Å². The van der Waals surface area contributed by atoms with Gasteiger partial charge in [0.05, 0.1) is 16.8 Å². The number of anilines is 1. The van der Waals surface area contributed by atoms with E-state index in [9.17, 15) is 4.79 Å². The molecule has 122 valence electrons. The predicted molar refractivity (Wildman–Crippen MR) is 89.8 cm³/mol. The van der Waals surface area contributed by atoms with Crippen LogP contribution >= 0.6 is 11.6 Å². The Kier molecular flexibility index (Phi) is 4.26. The molecule has 0 aliphatic carbocycles. The van der Waals surface area contributed by atoms with E-state index in [1.807, 2.05) is 43.1 Å². The minimum atomic E-state index is -0.0279. The molecular weight excluding hydrogens is 314 g/mol. The summed E-state index contributed by atoms with van der Waals surface area (Å²) in [6.07, 6.45) is 3.61. The van der Waals surface area contributed by atoms with Crippen molar-refractivity contribution >= 4 is 23.3 Å². The van der Waals surface area contributed by atoms with Crippen LogP contribution in [0.25, 0.3) is 0 Å². The largest absolute Gasteiger partial charge is 0.361 e. The van der Waals surface area contributed by atoms with E-state index in [1.165, 1.54) is 0 Å². The third-order valence-electron chi connectivity index (χ3n) is 4.18. The summed E-state index contributed by atoms with van der Waals surface area (Å²) >= 11 is 6.00. The number of likely N-dealkylation sites (tertiary alicyclic amines) is 1. The van der Waals surface area contributed by atoms with Crippen molar-refractivity contribution in [3.63, 3.8) is 0 Å². The Balaban J connectivity index is 1.85. The van der Waals surface area contributed by atoms with Crippen LogP contribution in [0.5, 0.6) is 0 Å². The van der Waals surface area contributed by atoms with Crippen LogP contribution in [0.4, 0.5) is 5.82 Å². The Morgan fingerprint density at radius 3 is 2.70 bits per heavy atom. The van der Waals surface area contributed by atoms with Crippen molar-refractivity contribution in [3.8, 4) is 0 Å². The van der Waals surface area contributed by atoms with E-state index in [4.69, 9.17) is 11.6 Å². The number of hydrogen-bond donors (Lipinski definition) is 0. The van der Waals surface area contributed by atoms with E-state index in [0.717, 1.165) is 30.9 Å². The molecule has 3 heterocycles. The third-order valence-corrected chi connectivity index (χ3v) is 4.38. The topological polar surface area (TPSA) is 54.3 Å². The highest BCUT2D eigenvalue weighted by Crippen LogP contribution is 2.32. The maximum Gasteiger partial charge on any atom is 0.271 e. The van der Waals surface area contributed by atoms with E-state index >= 15 is 0 Å². The molecular formula is C16H20ClN5O. The van der Waals surface area contributed by atoms with Crippen molar-refractivity contribution in [1.82, 2.24) is 19.7 Å². The van der Waals surface area contributed by atoms with Gasteiger partial charge in [0.25, 0.3) is 5.91 Å². The van der Waals surface area contributed by atoms with Gasteiger partial charge in [0.1, 0.15) is 5.69 Å². The lowest BCUT2D eigenvalue weighted by atomic mass is 10.1. The molecule has 0 aromatic carbocycles. The maximum absolute atomic E-state index is 12.8. The van der Waals surface area contributed by atoms with Gasteiger partial charge in [-0.05, 0) is 31.0 Å². The van der Waals surface area contributed by atoms with Crippen molar-refractivity contribution in [1.29, 1.82) is 0 Å². The maximum atomic E-state index is 12.8. The smallest absolute Gasteiger partial charge is 0.271 e. The molecule has 0 saturated carbocycles. The lowest BCUT2D eigenvalue weighted by Gasteiger charge is -2.24. The lowest BCUT2D eigenvalue weighted by Crippen LogP contribution is -2.32. The minimum Gasteiger partial charge on any atom is -0.361 e. The highest BCUT2D eigenvalue weighted by atomic mass is 35.5. The van der Waals surface area contributed by atoms with E-state index in [2.05, 4.69) is 10.2 Å². The fraction of sp³-hybridized carbons (Fsp3) is 0.438. The quantitative estimate of drug-likeness (QED) is 0.866. The molecule has 1 aliphatic heterocycles. The molecule has 1 aliphatic rings. The average molecular weight is 334 g/mol. The van der Waals surface area contributed by atoms with Gasteiger partial charge in [0.15, 0.2) is 5.82 Å². The Morgan fingerprint density at radius 1 is 1.35 bits per heavy atom. The van der Waals surface area contributed by atoms with Crippen molar-refractivity contribution in [3.05, 3.63) is 40.8 Å². The summed E-state index contributed by atoms with van der Waals surface area (Å²) < 4.78 is 1.76. The minimum absolute atomic E-state index is 0.0135. The zero-order chi connectivity index (χ0) is 16.6. The zero-order valence-corrected chi connectivity index (χ0v) is 14.3. The van der Waals surface area contributed by atoms with Crippen LogP contribution < -0.4 is 4.90 Å². The first-order valence-corrected chi connectivity index (χ1v) is 7.99. The number of carbonyl (C=O) groups is 1. The third kappa shape index (κ3) is 3.03. The SMILES string of the molecule is CN(C)c1ccc(C2CCCN2C(=O)c2cc(Cl)cn2C)nn1. The first kappa shape index (κ1) is 15.8. The summed E-state index contributed by atoms with van der Waals surface area (Å²) in [6, 6.07) is 5.57. The Morgan fingerprint density at radius 2 is 2.13 bits per heavy atom. The molecule has 6 nitrogen and oxygen atoms in total. The molecule has 3 rings (SSSR count). The van der Waals surface area contributed by atoms with E-state index < -0.39 is 0 Å². The number of aromatic nitrogens is 3. The van der Waals surface area contributed by atoms with E-state index in [1.54, 1.807) is 16.8 Å². The van der Waals surface area contributed by atoms with Gasteiger partial charge >= 0.3 is 0 Å². The van der Waals surface area contributed by atoms with Gasteiger partial charge in [0.2, 0.25) is 0 Å². The standard InChI is InChI=1S/C16H20ClN5O/c1-20(2)15-7-6-12(18-19-15)13-5-4-8-22(13)16(23)14-9-11(17)10-21(14)3/h6-7,9-10,13H,4-5,8H2,1-3H3. The van der Waals surface area contributed by atoms with Crippen LogP contribution in [0.15, 0.2) is 24.4 Å². The average Bonchev–Trinajstić information content (AvgIpc) is 3.13. The zero-order valence-electron chi connectivity index (χ0n) is 13.5. The number of nitrogens with zero attached hydrogens (tertiary/aromatic N) is 5. The number of amides is 1. The van der Waals surface area contributed by atoms with Gasteiger partial charge in [-0.3, -0.25) is 4.79 Å². The van der Waals surface area contributed by atoms with Crippen molar-refractivity contribution in [2.45, 2.75) is 18.9 Å². The summed E-state index contributed by atoms with van der Waals surface area (Å²) in [6.45, 7) is 0.726. The van der Waals surface area contributed by atoms with Crippen LogP contribution in [0, 0.1) is 0 Å². The van der Waals surface area contributed by atoms with Gasteiger partial charge in [0, 0.05) is 33.9 Å². The fourth-order valence-corrected chi connectivity index (χ4v) is 3.20. The van der Waals surface area contributed by atoms with Gasteiger partial charge in [-0.25, -0.2) is 0 Å². The van der Waals surface area contributed by atoms with Gasteiger partial charge in [-0.1, -0.05) is 11.6 Å². The first-order chi connectivity index (χ1) is 11.0. The van der Waals surface area contributed by atoms with Gasteiger partial charge in [-0.15, -0.1) is 5.10 Å². The fourth-order valence-electron chi connectivity index (χ4n) is 2.95. The van der Waals surface area contributed by atoms with Crippen LogP contribution in [-0.2, 0) is 7.05 Å². The van der Waals surface area contributed by atoms with Crippen molar-refractivity contribution in [2.24, 2.45) is 7.05 Å². The normalized spacial score (nSPS) is 17.6. The number of halogens is 1. The van der Waals surface area contributed by atoms with Crippen LogP contribution in [0.1, 0.15) is 35.1 Å².